The molecule has 1 aliphatic heterocycles. The zero-order chi connectivity index (χ0) is 23.9. The zero-order valence-electron chi connectivity index (χ0n) is 19.8. The molecule has 1 aliphatic rings. The second-order valence-corrected chi connectivity index (χ2v) is 8.17. The molecule has 1 aromatic heterocycles. The van der Waals surface area contributed by atoms with Gasteiger partial charge < -0.3 is 24.6 Å². The number of hydrogen-bond acceptors (Lipinski definition) is 8. The van der Waals surface area contributed by atoms with E-state index in [4.69, 9.17) is 9.47 Å². The van der Waals surface area contributed by atoms with Gasteiger partial charge in [0.15, 0.2) is 5.82 Å². The van der Waals surface area contributed by atoms with E-state index in [1.54, 1.807) is 7.11 Å². The fourth-order valence-electron chi connectivity index (χ4n) is 3.72. The molecule has 0 unspecified atom stereocenters. The van der Waals surface area contributed by atoms with Gasteiger partial charge in [-0.05, 0) is 43.3 Å². The summed E-state index contributed by atoms with van der Waals surface area (Å²) < 4.78 is 10.5. The third-order valence-electron chi connectivity index (χ3n) is 5.83. The first-order chi connectivity index (χ1) is 16.6. The molecular weight excluding hydrogens is 432 g/mol. The maximum absolute atomic E-state index is 12.8. The summed E-state index contributed by atoms with van der Waals surface area (Å²) >= 11 is 0. The molecule has 1 fully saturated rings. The van der Waals surface area contributed by atoms with Gasteiger partial charge in [-0.25, -0.2) is 0 Å². The maximum Gasteiger partial charge on any atom is 0.321 e. The van der Waals surface area contributed by atoms with Gasteiger partial charge in [-0.2, -0.15) is 15.0 Å². The molecule has 0 spiro atoms. The first kappa shape index (κ1) is 23.4. The first-order valence-electron chi connectivity index (χ1n) is 11.3. The Morgan fingerprint density at radius 3 is 2.26 bits per heavy atom. The summed E-state index contributed by atoms with van der Waals surface area (Å²) in [5.74, 6) is 1.80. The van der Waals surface area contributed by atoms with E-state index in [1.807, 2.05) is 53.4 Å². The van der Waals surface area contributed by atoms with Gasteiger partial charge in [-0.15, -0.1) is 0 Å². The van der Waals surface area contributed by atoms with Gasteiger partial charge in [0.05, 0.1) is 14.2 Å². The number of methoxy groups -OCH3 is 2. The van der Waals surface area contributed by atoms with Crippen molar-refractivity contribution in [2.75, 3.05) is 59.3 Å². The number of nitrogens with one attached hydrogen (secondary N) is 1. The number of likely N-dealkylation sites (N-methyl/N-ethyl adjacent to an activating group) is 1. The van der Waals surface area contributed by atoms with Crippen molar-refractivity contribution in [2.24, 2.45) is 0 Å². The fourth-order valence-corrected chi connectivity index (χ4v) is 3.72. The molecule has 1 saturated heterocycles. The molecule has 0 aliphatic carbocycles. The predicted octanol–water partition coefficient (Wildman–Crippen LogP) is 2.60. The van der Waals surface area contributed by atoms with Crippen LogP contribution in [0.3, 0.4) is 0 Å². The number of amides is 1. The highest BCUT2D eigenvalue weighted by Gasteiger charge is 2.20. The van der Waals surface area contributed by atoms with E-state index < -0.39 is 0 Å². The summed E-state index contributed by atoms with van der Waals surface area (Å²) in [6, 6.07) is 15.5. The van der Waals surface area contributed by atoms with Crippen LogP contribution >= 0.6 is 0 Å². The number of benzene rings is 2. The Hall–Kier alpha value is -3.72. The Morgan fingerprint density at radius 1 is 0.912 bits per heavy atom. The zero-order valence-corrected chi connectivity index (χ0v) is 19.8. The van der Waals surface area contributed by atoms with E-state index in [0.717, 1.165) is 43.9 Å². The molecule has 0 radical (unpaired) electrons. The Morgan fingerprint density at radius 2 is 1.62 bits per heavy atom. The van der Waals surface area contributed by atoms with Crippen LogP contribution in [-0.2, 0) is 6.42 Å². The lowest BCUT2D eigenvalue weighted by Gasteiger charge is -2.32. The molecular formula is C25H30N6O3. The maximum atomic E-state index is 12.8. The topological polar surface area (TPSA) is 92.7 Å². The van der Waals surface area contributed by atoms with Crippen LogP contribution in [0.5, 0.6) is 11.8 Å². The molecule has 1 amide bonds. The molecule has 9 heteroatoms. The molecule has 1 N–H and O–H groups in total. The van der Waals surface area contributed by atoms with E-state index >= 15 is 0 Å². The number of carbonyl (C=O) groups excluding carboxylic acids is 1. The average molecular weight is 463 g/mol. The van der Waals surface area contributed by atoms with Crippen LogP contribution < -0.4 is 14.8 Å². The van der Waals surface area contributed by atoms with E-state index in [1.165, 1.54) is 12.7 Å². The molecule has 178 valence electrons. The molecule has 0 bridgehead atoms. The van der Waals surface area contributed by atoms with E-state index in [-0.39, 0.29) is 11.9 Å². The number of anilines is 1. The number of rotatable bonds is 8. The van der Waals surface area contributed by atoms with Gasteiger partial charge in [-0.1, -0.05) is 24.3 Å². The standard InChI is InChI=1S/C25H30N6O3/c1-30-14-16-31(17-15-30)23(32)20-8-6-19(7-9-20)22-27-24(29-25(28-22)34-3)26-13-12-18-4-10-21(33-2)11-5-18/h4-11H,12-17H2,1-3H3,(H,26,27,28,29). The second kappa shape index (κ2) is 10.9. The highest BCUT2D eigenvalue weighted by molar-refractivity contribution is 5.94. The van der Waals surface area contributed by atoms with Crippen LogP contribution in [0.1, 0.15) is 15.9 Å². The average Bonchev–Trinajstić information content (AvgIpc) is 2.89. The van der Waals surface area contributed by atoms with Crippen molar-refractivity contribution in [3.63, 3.8) is 0 Å². The van der Waals surface area contributed by atoms with Crippen LogP contribution in [0.15, 0.2) is 48.5 Å². The third-order valence-corrected chi connectivity index (χ3v) is 5.83. The largest absolute Gasteiger partial charge is 0.497 e. The minimum atomic E-state index is 0.0498. The highest BCUT2D eigenvalue weighted by atomic mass is 16.5. The molecule has 2 aromatic carbocycles. The van der Waals surface area contributed by atoms with E-state index in [9.17, 15) is 4.79 Å². The van der Waals surface area contributed by atoms with Crippen molar-refractivity contribution in [2.45, 2.75) is 6.42 Å². The summed E-state index contributed by atoms with van der Waals surface area (Å²) in [4.78, 5) is 30.2. The van der Waals surface area contributed by atoms with Gasteiger partial charge in [0.2, 0.25) is 5.95 Å². The molecule has 9 nitrogen and oxygen atoms in total. The third kappa shape index (κ3) is 5.79. The molecule has 0 saturated carbocycles. The molecule has 3 aromatic rings. The number of carbonyl (C=O) groups is 1. The predicted molar refractivity (Wildman–Crippen MR) is 130 cm³/mol. The Kier molecular flexibility index (Phi) is 7.54. The van der Waals surface area contributed by atoms with Crippen LogP contribution in [-0.4, -0.2) is 84.6 Å². The smallest absolute Gasteiger partial charge is 0.321 e. The number of piperazine rings is 1. The second-order valence-electron chi connectivity index (χ2n) is 8.17. The minimum Gasteiger partial charge on any atom is -0.497 e. The summed E-state index contributed by atoms with van der Waals surface area (Å²) in [7, 11) is 5.25. The van der Waals surface area contributed by atoms with Crippen molar-refractivity contribution in [3.05, 3.63) is 59.7 Å². The van der Waals surface area contributed by atoms with Crippen LogP contribution in [0.2, 0.25) is 0 Å². The molecule has 34 heavy (non-hydrogen) atoms. The van der Waals surface area contributed by atoms with Gasteiger partial charge in [0.1, 0.15) is 5.75 Å². The number of nitrogens with zero attached hydrogens (tertiary/aromatic N) is 5. The van der Waals surface area contributed by atoms with Crippen molar-refractivity contribution in [1.82, 2.24) is 24.8 Å². The highest BCUT2D eigenvalue weighted by Crippen LogP contribution is 2.20. The van der Waals surface area contributed by atoms with Gasteiger partial charge in [0.25, 0.3) is 5.91 Å². The lowest BCUT2D eigenvalue weighted by atomic mass is 10.1. The fraction of sp³-hybridized carbons (Fsp3) is 0.360. The summed E-state index contributed by atoms with van der Waals surface area (Å²) in [5.41, 5.74) is 2.62. The first-order valence-corrected chi connectivity index (χ1v) is 11.3. The molecule has 2 heterocycles. The van der Waals surface area contributed by atoms with Crippen LogP contribution in [0.4, 0.5) is 5.95 Å². The number of hydrogen-bond donors (Lipinski definition) is 1. The lowest BCUT2D eigenvalue weighted by Crippen LogP contribution is -2.47. The summed E-state index contributed by atoms with van der Waals surface area (Å²) in [6.45, 7) is 3.92. The van der Waals surface area contributed by atoms with Crippen molar-refractivity contribution in [3.8, 4) is 23.1 Å². The minimum absolute atomic E-state index is 0.0498. The van der Waals surface area contributed by atoms with Gasteiger partial charge in [-0.3, -0.25) is 4.79 Å². The van der Waals surface area contributed by atoms with Crippen molar-refractivity contribution in [1.29, 1.82) is 0 Å². The van der Waals surface area contributed by atoms with Crippen LogP contribution in [0.25, 0.3) is 11.4 Å². The van der Waals surface area contributed by atoms with E-state index in [0.29, 0.717) is 23.9 Å². The van der Waals surface area contributed by atoms with Crippen LogP contribution in [0, 0.1) is 0 Å². The lowest BCUT2D eigenvalue weighted by molar-refractivity contribution is 0.0664. The Balaban J connectivity index is 1.42. The summed E-state index contributed by atoms with van der Waals surface area (Å²) in [5, 5.41) is 3.24. The Labute approximate surface area is 199 Å². The Bertz CT molecular complexity index is 1100. The number of aromatic nitrogens is 3. The van der Waals surface area contributed by atoms with E-state index in [2.05, 4.69) is 32.2 Å². The van der Waals surface area contributed by atoms with Gasteiger partial charge in [0, 0.05) is 43.9 Å². The van der Waals surface area contributed by atoms with Crippen molar-refractivity contribution >= 4 is 11.9 Å². The molecule has 0 atom stereocenters. The number of ether oxygens (including phenoxy) is 2. The SMILES string of the molecule is COc1ccc(CCNc2nc(OC)nc(-c3ccc(C(=O)N4CCN(C)CC4)cc3)n2)cc1. The molecule has 4 rings (SSSR count). The normalized spacial score (nSPS) is 14.0. The van der Waals surface area contributed by atoms with Gasteiger partial charge >= 0.3 is 6.01 Å². The van der Waals surface area contributed by atoms with Crippen molar-refractivity contribution < 1.29 is 14.3 Å². The monoisotopic (exact) mass is 462 g/mol. The summed E-state index contributed by atoms with van der Waals surface area (Å²) in [6.07, 6.45) is 0.802. The quantitative estimate of drug-likeness (QED) is 0.546.